The number of nitrogens with zero attached hydrogens (tertiary/aromatic N) is 1. The summed E-state index contributed by atoms with van der Waals surface area (Å²) in [5.41, 5.74) is 4.22. The molecule has 7 heteroatoms. The summed E-state index contributed by atoms with van der Waals surface area (Å²) in [5.74, 6) is 1.53. The zero-order valence-electron chi connectivity index (χ0n) is 26.1. The van der Waals surface area contributed by atoms with Crippen molar-refractivity contribution in [2.45, 2.75) is 51.6 Å². The lowest BCUT2D eigenvalue weighted by Gasteiger charge is -2.31. The van der Waals surface area contributed by atoms with E-state index in [1.807, 2.05) is 66.9 Å². The van der Waals surface area contributed by atoms with Crippen LogP contribution >= 0.6 is 0 Å². The molecule has 1 aliphatic rings. The van der Waals surface area contributed by atoms with E-state index in [4.69, 9.17) is 5.41 Å². The van der Waals surface area contributed by atoms with E-state index in [0.29, 0.717) is 38.1 Å². The normalized spacial score (nSPS) is 13.9. The van der Waals surface area contributed by atoms with Crippen molar-refractivity contribution in [1.29, 1.82) is 10.8 Å². The Morgan fingerprint density at radius 3 is 2.31 bits per heavy atom. The van der Waals surface area contributed by atoms with Gasteiger partial charge in [-0.1, -0.05) is 97.9 Å². The van der Waals surface area contributed by atoms with Crippen molar-refractivity contribution in [3.05, 3.63) is 120 Å². The lowest BCUT2D eigenvalue weighted by Crippen LogP contribution is -2.48. The van der Waals surface area contributed by atoms with Crippen molar-refractivity contribution in [3.8, 4) is 0 Å². The Kier molecular flexibility index (Phi) is 11.1. The average Bonchev–Trinajstić information content (AvgIpc) is 3.49. The van der Waals surface area contributed by atoms with Crippen LogP contribution in [0.15, 0.2) is 103 Å². The van der Waals surface area contributed by atoms with Gasteiger partial charge in [0.05, 0.1) is 12.6 Å². The van der Waals surface area contributed by atoms with Crippen LogP contribution < -0.4 is 10.6 Å². The predicted octanol–water partition coefficient (Wildman–Crippen LogP) is 7.07. The molecule has 5 aromatic rings. The number of hydrogen-bond donors (Lipinski definition) is 5. The number of fused-ring (bicyclic) bond motifs is 2. The molecule has 1 aliphatic heterocycles. The SMILES string of the molecule is CC1CCNCC1.N=C(CCc1ccccc1)N(Cc1cccc2ccccc12)C(=N)[C@@H](Cc1c[nH]c2ccccc12)NC=O. The highest BCUT2D eigenvalue weighted by Gasteiger charge is 2.25. The maximum atomic E-state index is 11.7. The molecule has 0 unspecified atom stereocenters. The van der Waals surface area contributed by atoms with Crippen LogP contribution in [0.25, 0.3) is 21.7 Å². The van der Waals surface area contributed by atoms with Crippen LogP contribution in [0.5, 0.6) is 0 Å². The number of H-pyrrole nitrogens is 1. The topological polar surface area (TPSA) is 108 Å². The molecule has 7 nitrogen and oxygen atoms in total. The molecule has 0 spiro atoms. The summed E-state index contributed by atoms with van der Waals surface area (Å²) in [6.07, 6.45) is 6.97. The van der Waals surface area contributed by atoms with Gasteiger partial charge in [0.2, 0.25) is 6.41 Å². The van der Waals surface area contributed by atoms with Crippen LogP contribution in [0.4, 0.5) is 0 Å². The molecule has 1 atom stereocenters. The summed E-state index contributed by atoms with van der Waals surface area (Å²) < 4.78 is 0. The Morgan fingerprint density at radius 1 is 0.889 bits per heavy atom. The summed E-state index contributed by atoms with van der Waals surface area (Å²) in [6, 6.07) is 31.8. The Labute approximate surface area is 266 Å². The number of para-hydroxylation sites is 1. The molecule has 1 fully saturated rings. The first-order chi connectivity index (χ1) is 22.0. The number of carbonyl (C=O) groups is 1. The van der Waals surface area contributed by atoms with Crippen LogP contribution in [-0.4, -0.2) is 47.1 Å². The molecule has 2 heterocycles. The first-order valence-corrected chi connectivity index (χ1v) is 15.9. The van der Waals surface area contributed by atoms with Gasteiger partial charge in [0.25, 0.3) is 0 Å². The van der Waals surface area contributed by atoms with Crippen LogP contribution in [0.3, 0.4) is 0 Å². The van der Waals surface area contributed by atoms with Gasteiger partial charge in [0.15, 0.2) is 0 Å². The third-order valence-electron chi connectivity index (χ3n) is 8.64. The predicted molar refractivity (Wildman–Crippen MR) is 186 cm³/mol. The molecule has 5 N–H and O–H groups in total. The number of amides is 1. The van der Waals surface area contributed by atoms with E-state index in [1.54, 1.807) is 4.90 Å². The molecule has 1 saturated heterocycles. The van der Waals surface area contributed by atoms with Gasteiger partial charge in [-0.2, -0.15) is 0 Å². The van der Waals surface area contributed by atoms with E-state index in [2.05, 4.69) is 58.9 Å². The monoisotopic (exact) mass is 600 g/mol. The molecule has 0 saturated carbocycles. The lowest BCUT2D eigenvalue weighted by atomic mass is 10.0. The minimum Gasteiger partial charge on any atom is -0.361 e. The highest BCUT2D eigenvalue weighted by molar-refractivity contribution is 6.02. The summed E-state index contributed by atoms with van der Waals surface area (Å²) in [6.45, 7) is 5.17. The van der Waals surface area contributed by atoms with Gasteiger partial charge >= 0.3 is 0 Å². The summed E-state index contributed by atoms with van der Waals surface area (Å²) in [4.78, 5) is 16.7. The molecule has 1 aromatic heterocycles. The Balaban J connectivity index is 0.000000505. The average molecular weight is 601 g/mol. The third-order valence-corrected chi connectivity index (χ3v) is 8.64. The smallest absolute Gasteiger partial charge is 0.207 e. The molecule has 1 amide bonds. The lowest BCUT2D eigenvalue weighted by molar-refractivity contribution is -0.109. The quantitative estimate of drug-likeness (QED) is 0.0672. The van der Waals surface area contributed by atoms with Crippen molar-refractivity contribution < 1.29 is 4.79 Å². The number of aromatic nitrogens is 1. The molecule has 0 radical (unpaired) electrons. The standard InChI is InChI=1S/C32H31N5O.C6H13N/c33-31(18-17-23-9-2-1-3-10-23)37(21-25-13-8-12-24-11-4-5-14-27(24)25)32(34)30(36-22-38)19-26-20-35-29-16-7-6-15-28(26)29;1-6-2-4-7-5-3-6/h1-16,20,22,30,33-35H,17-19,21H2,(H,36,38);6-7H,2-5H2,1H3/t30-;/m1./s1. The van der Waals surface area contributed by atoms with Crippen molar-refractivity contribution in [3.63, 3.8) is 0 Å². The molecule has 0 aliphatic carbocycles. The van der Waals surface area contributed by atoms with Gasteiger partial charge < -0.3 is 20.5 Å². The third kappa shape index (κ3) is 8.46. The van der Waals surface area contributed by atoms with Crippen LogP contribution in [0, 0.1) is 16.7 Å². The minimum absolute atomic E-state index is 0.202. The number of carbonyl (C=O) groups excluding carboxylic acids is 1. The maximum Gasteiger partial charge on any atom is 0.207 e. The molecular weight excluding hydrogens is 556 g/mol. The summed E-state index contributed by atoms with van der Waals surface area (Å²) in [5, 5.41) is 27.8. The number of nitrogens with one attached hydrogen (secondary N) is 5. The van der Waals surface area contributed by atoms with Crippen LogP contribution in [-0.2, 0) is 24.2 Å². The van der Waals surface area contributed by atoms with Crippen molar-refractivity contribution in [2.24, 2.45) is 5.92 Å². The fraction of sp³-hybridized carbons (Fsp3) is 0.289. The van der Waals surface area contributed by atoms with E-state index < -0.39 is 6.04 Å². The highest BCUT2D eigenvalue weighted by Crippen LogP contribution is 2.23. The largest absolute Gasteiger partial charge is 0.361 e. The number of rotatable bonds is 10. The second kappa shape index (κ2) is 15.8. The first-order valence-electron chi connectivity index (χ1n) is 15.9. The van der Waals surface area contributed by atoms with Gasteiger partial charge in [-0.3, -0.25) is 15.6 Å². The van der Waals surface area contributed by atoms with Crippen LogP contribution in [0.2, 0.25) is 0 Å². The number of hydrogen-bond acceptors (Lipinski definition) is 4. The summed E-state index contributed by atoms with van der Waals surface area (Å²) in [7, 11) is 0. The zero-order chi connectivity index (χ0) is 31.4. The Bertz CT molecular complexity index is 1700. The van der Waals surface area contributed by atoms with E-state index in [1.165, 1.54) is 25.9 Å². The van der Waals surface area contributed by atoms with E-state index >= 15 is 0 Å². The summed E-state index contributed by atoms with van der Waals surface area (Å²) >= 11 is 0. The first kappa shape index (κ1) is 31.7. The van der Waals surface area contributed by atoms with Crippen molar-refractivity contribution >= 4 is 39.8 Å². The van der Waals surface area contributed by atoms with Crippen molar-refractivity contribution in [2.75, 3.05) is 13.1 Å². The van der Waals surface area contributed by atoms with E-state index in [0.717, 1.165) is 44.3 Å². The number of amidine groups is 2. The molecular formula is C38H44N6O. The maximum absolute atomic E-state index is 11.7. The number of piperidine rings is 1. The van der Waals surface area contributed by atoms with E-state index in [9.17, 15) is 10.2 Å². The fourth-order valence-corrected chi connectivity index (χ4v) is 5.96. The van der Waals surface area contributed by atoms with Gasteiger partial charge in [-0.15, -0.1) is 0 Å². The van der Waals surface area contributed by atoms with Gasteiger partial charge in [-0.25, -0.2) is 0 Å². The molecule has 45 heavy (non-hydrogen) atoms. The molecule has 4 aromatic carbocycles. The number of aryl methyl sites for hydroxylation is 1. The zero-order valence-corrected chi connectivity index (χ0v) is 26.1. The molecule has 232 valence electrons. The number of benzene rings is 4. The minimum atomic E-state index is -0.584. The second-order valence-corrected chi connectivity index (χ2v) is 11.9. The molecule has 6 rings (SSSR count). The number of aromatic amines is 1. The highest BCUT2D eigenvalue weighted by atomic mass is 16.1. The van der Waals surface area contributed by atoms with Gasteiger partial charge in [-0.05, 0) is 71.8 Å². The van der Waals surface area contributed by atoms with Crippen molar-refractivity contribution in [1.82, 2.24) is 20.5 Å². The fourth-order valence-electron chi connectivity index (χ4n) is 5.96. The second-order valence-electron chi connectivity index (χ2n) is 11.9. The van der Waals surface area contributed by atoms with E-state index in [-0.39, 0.29) is 5.84 Å². The van der Waals surface area contributed by atoms with Gasteiger partial charge in [0, 0.05) is 29.9 Å². The van der Waals surface area contributed by atoms with Crippen LogP contribution in [0.1, 0.15) is 42.9 Å². The Hall–Kier alpha value is -4.75. The molecule has 0 bridgehead atoms. The Morgan fingerprint density at radius 2 is 1.58 bits per heavy atom. The van der Waals surface area contributed by atoms with Gasteiger partial charge in [0.1, 0.15) is 11.7 Å².